The van der Waals surface area contributed by atoms with Crippen LogP contribution in [0.1, 0.15) is 60.7 Å². The van der Waals surface area contributed by atoms with Crippen LogP contribution in [-0.2, 0) is 18.9 Å². The Morgan fingerprint density at radius 3 is 2.32 bits per heavy atom. The van der Waals surface area contributed by atoms with E-state index in [-0.39, 0.29) is 11.6 Å². The number of amides is 2. The van der Waals surface area contributed by atoms with Gasteiger partial charge in [-0.15, -0.1) is 0 Å². The number of nitrogens with zero attached hydrogens (tertiary/aromatic N) is 4. The Kier molecular flexibility index (Phi) is 9.24. The molecule has 1 unspecified atom stereocenters. The first kappa shape index (κ1) is 32.9. The number of hydrogen-bond donors (Lipinski definition) is 1. The van der Waals surface area contributed by atoms with Crippen molar-refractivity contribution in [2.45, 2.75) is 70.0 Å². The molecule has 1 aliphatic carbocycles. The Balaban J connectivity index is 1.13. The summed E-state index contributed by atoms with van der Waals surface area (Å²) in [5.41, 5.74) is -0.355. The van der Waals surface area contributed by atoms with Gasteiger partial charge in [0, 0.05) is 44.0 Å². The second kappa shape index (κ2) is 13.2. The Bertz CT molecular complexity index is 1670. The number of urea groups is 1. The third-order valence-electron chi connectivity index (χ3n) is 9.49. The zero-order chi connectivity index (χ0) is 33.3. The van der Waals surface area contributed by atoms with Crippen LogP contribution in [0.2, 0.25) is 0 Å². The predicted molar refractivity (Wildman–Crippen MR) is 168 cm³/mol. The molecule has 7 rings (SSSR count). The number of fused-ring (bicyclic) bond motifs is 5. The summed E-state index contributed by atoms with van der Waals surface area (Å²) in [6, 6.07) is 18.6. The summed E-state index contributed by atoms with van der Waals surface area (Å²) in [4.78, 5) is 22.2. The number of halogens is 6. The number of nitrogens with one attached hydrogen (secondary N) is 1. The first-order chi connectivity index (χ1) is 22.4. The normalized spacial score (nSPS) is 20.4. The summed E-state index contributed by atoms with van der Waals surface area (Å²) >= 11 is 0. The van der Waals surface area contributed by atoms with E-state index in [4.69, 9.17) is 4.98 Å². The molecule has 1 aromatic heterocycles. The maximum atomic E-state index is 13.4. The van der Waals surface area contributed by atoms with Crippen LogP contribution in [-0.4, -0.2) is 46.2 Å². The maximum absolute atomic E-state index is 13.4. The number of alkyl halides is 6. The highest BCUT2D eigenvalue weighted by Crippen LogP contribution is 2.42. The number of para-hydroxylation sites is 3. The first-order valence-electron chi connectivity index (χ1n) is 15.9. The van der Waals surface area contributed by atoms with E-state index in [9.17, 15) is 31.1 Å². The molecule has 250 valence electrons. The topological polar surface area (TPSA) is 53.4 Å². The summed E-state index contributed by atoms with van der Waals surface area (Å²) in [5.74, 6) is 1.49. The Morgan fingerprint density at radius 1 is 0.936 bits per heavy atom. The fourth-order valence-electron chi connectivity index (χ4n) is 7.35. The van der Waals surface area contributed by atoms with Crippen LogP contribution in [0.15, 0.2) is 72.8 Å². The lowest BCUT2D eigenvalue weighted by molar-refractivity contribution is -0.143. The van der Waals surface area contributed by atoms with Gasteiger partial charge in [0.05, 0.1) is 22.2 Å². The SMILES string of the molecule is Cc1nc2ccccc2n1[C@H]1C[C@H]2CCCC1CN2CCCN(C(=O)NCc1cc(C(F)(F)F)cc(C(F)(F)F)c1)c1ccccc1. The molecule has 3 aromatic carbocycles. The summed E-state index contributed by atoms with van der Waals surface area (Å²) in [6.45, 7) is 3.61. The van der Waals surface area contributed by atoms with Gasteiger partial charge in [-0.2, -0.15) is 26.3 Å². The van der Waals surface area contributed by atoms with Crippen LogP contribution >= 0.6 is 0 Å². The average molecular weight is 658 g/mol. The highest BCUT2D eigenvalue weighted by atomic mass is 19.4. The fraction of sp³-hybridized carbons (Fsp3) is 0.429. The van der Waals surface area contributed by atoms with E-state index in [1.807, 2.05) is 12.1 Å². The lowest BCUT2D eigenvalue weighted by atomic mass is 9.88. The van der Waals surface area contributed by atoms with E-state index >= 15 is 0 Å². The minimum absolute atomic E-state index is 0.0814. The summed E-state index contributed by atoms with van der Waals surface area (Å²) in [6.07, 6.45) is -4.89. The van der Waals surface area contributed by atoms with E-state index < -0.39 is 36.1 Å². The second-order valence-electron chi connectivity index (χ2n) is 12.6. The van der Waals surface area contributed by atoms with Gasteiger partial charge in [-0.25, -0.2) is 9.78 Å². The van der Waals surface area contributed by atoms with Gasteiger partial charge in [-0.05, 0) is 86.6 Å². The van der Waals surface area contributed by atoms with Gasteiger partial charge in [-0.1, -0.05) is 36.8 Å². The number of rotatable bonds is 8. The summed E-state index contributed by atoms with van der Waals surface area (Å²) in [7, 11) is 0. The molecule has 2 amide bonds. The number of hydrogen-bond acceptors (Lipinski definition) is 3. The molecular formula is C35H37F6N5O. The number of anilines is 1. The molecule has 1 saturated carbocycles. The first-order valence-corrected chi connectivity index (χ1v) is 15.9. The van der Waals surface area contributed by atoms with Crippen molar-refractivity contribution in [3.63, 3.8) is 0 Å². The van der Waals surface area contributed by atoms with E-state index in [2.05, 4.69) is 33.8 Å². The number of aromatic nitrogens is 2. The monoisotopic (exact) mass is 657 g/mol. The molecule has 4 aromatic rings. The number of aryl methyl sites for hydroxylation is 1. The quantitative estimate of drug-likeness (QED) is 0.193. The van der Waals surface area contributed by atoms with Crippen molar-refractivity contribution in [2.75, 3.05) is 24.5 Å². The molecule has 6 nitrogen and oxygen atoms in total. The molecule has 3 atom stereocenters. The number of carbonyl (C=O) groups is 1. The van der Waals surface area contributed by atoms with Crippen molar-refractivity contribution < 1.29 is 31.1 Å². The van der Waals surface area contributed by atoms with Gasteiger partial charge in [0.25, 0.3) is 0 Å². The minimum atomic E-state index is -4.96. The predicted octanol–water partition coefficient (Wildman–Crippen LogP) is 8.60. The highest BCUT2D eigenvalue weighted by Gasteiger charge is 2.40. The van der Waals surface area contributed by atoms with E-state index in [1.165, 1.54) is 10.4 Å². The van der Waals surface area contributed by atoms with Gasteiger partial charge in [0.15, 0.2) is 0 Å². The Labute approximate surface area is 269 Å². The van der Waals surface area contributed by atoms with E-state index in [1.54, 1.807) is 30.3 Å². The summed E-state index contributed by atoms with van der Waals surface area (Å²) in [5, 5.41) is 2.55. The van der Waals surface area contributed by atoms with E-state index in [0.29, 0.717) is 48.8 Å². The number of imidazole rings is 1. The molecule has 0 spiro atoms. The minimum Gasteiger partial charge on any atom is -0.334 e. The molecular weight excluding hydrogens is 620 g/mol. The standard InChI is InChI=1S/C35H37F6N5O/c1-23-43-30-13-5-6-14-31(30)46(23)32-20-29-12-7-9-25(32)22-44(29)15-8-16-45(28-10-3-2-4-11-28)33(47)42-21-24-17-26(34(36,37)38)19-27(18-24)35(39,40)41/h2-6,10-11,13-14,17-19,25,29,32H,7-9,12,15-16,20-22H2,1H3,(H,42,47)/t25?,29-,32+/m1/s1. The molecule has 2 bridgehead atoms. The largest absolute Gasteiger partial charge is 0.416 e. The van der Waals surface area contributed by atoms with E-state index in [0.717, 1.165) is 50.1 Å². The van der Waals surface area contributed by atoms with Gasteiger partial charge in [0.2, 0.25) is 0 Å². The molecule has 3 heterocycles. The lowest BCUT2D eigenvalue weighted by Gasteiger charge is -2.42. The Hall–Kier alpha value is -4.06. The summed E-state index contributed by atoms with van der Waals surface area (Å²) < 4.78 is 82.6. The molecule has 3 fully saturated rings. The van der Waals surface area contributed by atoms with Crippen molar-refractivity contribution >= 4 is 22.8 Å². The Morgan fingerprint density at radius 2 is 1.62 bits per heavy atom. The zero-order valence-corrected chi connectivity index (χ0v) is 26.0. The van der Waals surface area contributed by atoms with Crippen molar-refractivity contribution in [1.82, 2.24) is 19.8 Å². The van der Waals surface area contributed by atoms with Crippen LogP contribution in [0.4, 0.5) is 36.8 Å². The maximum Gasteiger partial charge on any atom is 0.416 e. The molecule has 12 heteroatoms. The van der Waals surface area contributed by atoms with Gasteiger partial charge < -0.3 is 9.88 Å². The lowest BCUT2D eigenvalue weighted by Crippen LogP contribution is -2.47. The molecule has 1 N–H and O–H groups in total. The van der Waals surface area contributed by atoms with Gasteiger partial charge >= 0.3 is 18.4 Å². The fourth-order valence-corrected chi connectivity index (χ4v) is 7.35. The van der Waals surface area contributed by atoms with Crippen molar-refractivity contribution in [3.8, 4) is 0 Å². The number of piperidine rings is 1. The third-order valence-corrected chi connectivity index (χ3v) is 9.49. The molecule has 3 aliphatic rings. The van der Waals surface area contributed by atoms with Crippen molar-refractivity contribution in [1.29, 1.82) is 0 Å². The van der Waals surface area contributed by atoms with Gasteiger partial charge in [0.1, 0.15) is 5.82 Å². The number of benzene rings is 3. The molecule has 47 heavy (non-hydrogen) atoms. The van der Waals surface area contributed by atoms with Gasteiger partial charge in [-0.3, -0.25) is 9.80 Å². The van der Waals surface area contributed by atoms with Crippen LogP contribution in [0.25, 0.3) is 11.0 Å². The molecule has 2 saturated heterocycles. The molecule has 0 radical (unpaired) electrons. The zero-order valence-electron chi connectivity index (χ0n) is 26.0. The molecule has 2 aliphatic heterocycles. The van der Waals surface area contributed by atoms with Crippen molar-refractivity contribution in [3.05, 3.63) is 95.3 Å². The van der Waals surface area contributed by atoms with Crippen LogP contribution in [0.5, 0.6) is 0 Å². The van der Waals surface area contributed by atoms with Crippen LogP contribution in [0.3, 0.4) is 0 Å². The van der Waals surface area contributed by atoms with Crippen LogP contribution in [0, 0.1) is 12.8 Å². The van der Waals surface area contributed by atoms with Crippen LogP contribution < -0.4 is 10.2 Å². The average Bonchev–Trinajstić information content (AvgIpc) is 3.14. The third kappa shape index (κ3) is 7.27. The number of carbonyl (C=O) groups excluding carboxylic acids is 1. The highest BCUT2D eigenvalue weighted by molar-refractivity contribution is 5.91. The van der Waals surface area contributed by atoms with Crippen molar-refractivity contribution in [2.24, 2.45) is 5.92 Å². The second-order valence-corrected chi connectivity index (χ2v) is 12.6. The smallest absolute Gasteiger partial charge is 0.334 e.